The molecule has 8 nitrogen and oxygen atoms in total. The van der Waals surface area contributed by atoms with Crippen LogP contribution in [0, 0.1) is 13.8 Å². The first-order chi connectivity index (χ1) is 14.2. The molecule has 2 amide bonds. The molecule has 154 valence electrons. The summed E-state index contributed by atoms with van der Waals surface area (Å²) in [6, 6.07) is 13.7. The van der Waals surface area contributed by atoms with Gasteiger partial charge in [-0.3, -0.25) is 14.9 Å². The molecule has 2 N–H and O–H groups in total. The van der Waals surface area contributed by atoms with Gasteiger partial charge in [-0.1, -0.05) is 12.1 Å². The Morgan fingerprint density at radius 1 is 0.967 bits per heavy atom. The normalized spacial score (nSPS) is 13.4. The van der Waals surface area contributed by atoms with Crippen LogP contribution >= 0.6 is 0 Å². The van der Waals surface area contributed by atoms with Gasteiger partial charge in [0.05, 0.1) is 27.4 Å². The smallest absolute Gasteiger partial charge is 0.258 e. The Hall–Kier alpha value is -3.30. The summed E-state index contributed by atoms with van der Waals surface area (Å²) < 4.78 is 29.5. The molecule has 0 aliphatic carbocycles. The molecule has 0 bridgehead atoms. The number of nitrogens with zero attached hydrogens (tertiary/aromatic N) is 2. The van der Waals surface area contributed by atoms with Crippen molar-refractivity contribution < 1.29 is 18.0 Å². The lowest BCUT2D eigenvalue weighted by Crippen LogP contribution is -2.26. The Kier molecular flexibility index (Phi) is 5.00. The number of aromatic nitrogens is 2. The second kappa shape index (κ2) is 7.51. The summed E-state index contributed by atoms with van der Waals surface area (Å²) in [4.78, 5) is 23.3. The van der Waals surface area contributed by atoms with Crippen LogP contribution in [0.4, 0.5) is 0 Å². The van der Waals surface area contributed by atoms with Gasteiger partial charge in [0.2, 0.25) is 10.0 Å². The van der Waals surface area contributed by atoms with E-state index >= 15 is 0 Å². The third kappa shape index (κ3) is 3.77. The van der Waals surface area contributed by atoms with Crippen molar-refractivity contribution in [3.05, 3.63) is 76.6 Å². The van der Waals surface area contributed by atoms with Crippen LogP contribution in [0.15, 0.2) is 53.4 Å². The van der Waals surface area contributed by atoms with Crippen LogP contribution < -0.4 is 10.0 Å². The molecule has 0 saturated carbocycles. The molecule has 3 aromatic rings. The maximum atomic E-state index is 12.6. The van der Waals surface area contributed by atoms with Crippen molar-refractivity contribution in [2.75, 3.05) is 6.54 Å². The molecular formula is C21H20N4O4S. The molecule has 1 aliphatic heterocycles. The van der Waals surface area contributed by atoms with Gasteiger partial charge >= 0.3 is 0 Å². The quantitative estimate of drug-likeness (QED) is 0.587. The molecule has 0 atom stereocenters. The number of carbonyl (C=O) groups excluding carboxylic acids is 2. The topological polar surface area (TPSA) is 110 Å². The van der Waals surface area contributed by atoms with E-state index in [0.717, 1.165) is 22.6 Å². The van der Waals surface area contributed by atoms with E-state index in [1.165, 1.54) is 18.2 Å². The Labute approximate surface area is 174 Å². The molecule has 0 spiro atoms. The molecule has 30 heavy (non-hydrogen) atoms. The van der Waals surface area contributed by atoms with Crippen molar-refractivity contribution in [1.29, 1.82) is 0 Å². The Morgan fingerprint density at radius 2 is 1.67 bits per heavy atom. The van der Waals surface area contributed by atoms with Crippen LogP contribution in [0.3, 0.4) is 0 Å². The average Bonchev–Trinajstić information content (AvgIpc) is 3.19. The molecule has 0 radical (unpaired) electrons. The van der Waals surface area contributed by atoms with Gasteiger partial charge in [-0.15, -0.1) is 0 Å². The minimum absolute atomic E-state index is 0.0500. The monoisotopic (exact) mass is 424 g/mol. The summed E-state index contributed by atoms with van der Waals surface area (Å²) in [6.45, 7) is 4.13. The van der Waals surface area contributed by atoms with E-state index in [0.29, 0.717) is 6.42 Å². The number of hydrogen-bond acceptors (Lipinski definition) is 5. The maximum absolute atomic E-state index is 12.6. The zero-order valence-corrected chi connectivity index (χ0v) is 17.3. The van der Waals surface area contributed by atoms with E-state index in [4.69, 9.17) is 0 Å². The van der Waals surface area contributed by atoms with Gasteiger partial charge < -0.3 is 0 Å². The standard InChI is InChI=1S/C21H20N4O4S/c1-13-11-14(2)25(24-13)16-5-3-15(4-6-16)9-10-22-30(28,29)17-7-8-18-19(12-17)21(27)23-20(18)26/h3-8,11-12,22H,9-10H2,1-2H3,(H,23,26,27). The highest BCUT2D eigenvalue weighted by molar-refractivity contribution is 7.89. The Morgan fingerprint density at radius 3 is 2.33 bits per heavy atom. The number of carbonyl (C=O) groups is 2. The molecule has 0 fully saturated rings. The number of amides is 2. The number of fused-ring (bicyclic) bond motifs is 1. The minimum atomic E-state index is -3.80. The molecule has 1 aliphatic rings. The molecule has 9 heteroatoms. The molecular weight excluding hydrogens is 404 g/mol. The number of imide groups is 1. The van der Waals surface area contributed by atoms with Crippen LogP contribution in [-0.4, -0.2) is 36.6 Å². The van der Waals surface area contributed by atoms with Crippen molar-refractivity contribution >= 4 is 21.8 Å². The van der Waals surface area contributed by atoms with E-state index < -0.39 is 21.8 Å². The maximum Gasteiger partial charge on any atom is 0.258 e. The minimum Gasteiger partial charge on any atom is -0.288 e. The van der Waals surface area contributed by atoms with E-state index in [1.54, 1.807) is 0 Å². The fourth-order valence-electron chi connectivity index (χ4n) is 3.42. The third-order valence-corrected chi connectivity index (χ3v) is 6.37. The predicted octanol–water partition coefficient (Wildman–Crippen LogP) is 1.89. The average molecular weight is 424 g/mol. The van der Waals surface area contributed by atoms with Gasteiger partial charge in [0, 0.05) is 12.2 Å². The third-order valence-electron chi connectivity index (χ3n) is 4.91. The number of aryl methyl sites for hydroxylation is 2. The zero-order chi connectivity index (χ0) is 21.5. The summed E-state index contributed by atoms with van der Waals surface area (Å²) >= 11 is 0. The Bertz CT molecular complexity index is 1260. The summed E-state index contributed by atoms with van der Waals surface area (Å²) in [7, 11) is -3.80. The fourth-order valence-corrected chi connectivity index (χ4v) is 4.48. The van der Waals surface area contributed by atoms with Crippen molar-refractivity contribution in [1.82, 2.24) is 19.8 Å². The van der Waals surface area contributed by atoms with E-state index in [1.807, 2.05) is 48.9 Å². The summed E-state index contributed by atoms with van der Waals surface area (Å²) in [5, 5.41) is 6.60. The SMILES string of the molecule is Cc1cc(C)n(-c2ccc(CCNS(=O)(=O)c3ccc4c(c3)C(=O)NC4=O)cc2)n1. The van der Waals surface area contributed by atoms with Crippen molar-refractivity contribution in [2.45, 2.75) is 25.2 Å². The van der Waals surface area contributed by atoms with Gasteiger partial charge in [-0.05, 0) is 62.2 Å². The molecule has 1 aromatic heterocycles. The lowest BCUT2D eigenvalue weighted by Gasteiger charge is -2.09. The van der Waals surface area contributed by atoms with E-state index in [9.17, 15) is 18.0 Å². The van der Waals surface area contributed by atoms with E-state index in [-0.39, 0.29) is 22.6 Å². The first kappa shape index (κ1) is 20.0. The van der Waals surface area contributed by atoms with Gasteiger partial charge in [-0.25, -0.2) is 17.8 Å². The lowest BCUT2D eigenvalue weighted by molar-refractivity contribution is 0.0879. The number of benzene rings is 2. The second-order valence-electron chi connectivity index (χ2n) is 7.14. The molecule has 2 aromatic carbocycles. The first-order valence-electron chi connectivity index (χ1n) is 9.36. The number of hydrogen-bond donors (Lipinski definition) is 2. The highest BCUT2D eigenvalue weighted by atomic mass is 32.2. The summed E-state index contributed by atoms with van der Waals surface area (Å²) in [5.74, 6) is -1.11. The molecule has 4 rings (SSSR count). The predicted molar refractivity (Wildman–Crippen MR) is 110 cm³/mol. The van der Waals surface area contributed by atoms with E-state index in [2.05, 4.69) is 15.1 Å². The van der Waals surface area contributed by atoms with Crippen molar-refractivity contribution in [3.8, 4) is 5.69 Å². The van der Waals surface area contributed by atoms with Gasteiger partial charge in [0.1, 0.15) is 0 Å². The van der Waals surface area contributed by atoms with Crippen LogP contribution in [0.2, 0.25) is 0 Å². The Balaban J connectivity index is 1.41. The highest BCUT2D eigenvalue weighted by Gasteiger charge is 2.28. The van der Waals surface area contributed by atoms with Gasteiger partial charge in [-0.2, -0.15) is 5.10 Å². The highest BCUT2D eigenvalue weighted by Crippen LogP contribution is 2.20. The summed E-state index contributed by atoms with van der Waals surface area (Å²) in [6.07, 6.45) is 0.501. The molecule has 0 saturated heterocycles. The molecule has 0 unspecified atom stereocenters. The largest absolute Gasteiger partial charge is 0.288 e. The second-order valence-corrected chi connectivity index (χ2v) is 8.91. The summed E-state index contributed by atoms with van der Waals surface area (Å²) in [5.41, 5.74) is 4.15. The first-order valence-corrected chi connectivity index (χ1v) is 10.8. The van der Waals surface area contributed by atoms with Crippen LogP contribution in [0.5, 0.6) is 0 Å². The van der Waals surface area contributed by atoms with Gasteiger partial charge in [0.25, 0.3) is 11.8 Å². The van der Waals surface area contributed by atoms with Crippen molar-refractivity contribution in [2.24, 2.45) is 0 Å². The zero-order valence-electron chi connectivity index (χ0n) is 16.5. The number of rotatable bonds is 6. The number of nitrogens with one attached hydrogen (secondary N) is 2. The van der Waals surface area contributed by atoms with Crippen LogP contribution in [0.1, 0.15) is 37.7 Å². The van der Waals surface area contributed by atoms with Crippen molar-refractivity contribution in [3.63, 3.8) is 0 Å². The van der Waals surface area contributed by atoms with Crippen LogP contribution in [-0.2, 0) is 16.4 Å². The lowest BCUT2D eigenvalue weighted by atomic mass is 10.1. The number of sulfonamides is 1. The molecule has 2 heterocycles. The van der Waals surface area contributed by atoms with Crippen LogP contribution in [0.25, 0.3) is 5.69 Å². The van der Waals surface area contributed by atoms with Gasteiger partial charge in [0.15, 0.2) is 0 Å². The fraction of sp³-hybridized carbons (Fsp3) is 0.190.